The maximum atomic E-state index is 12.1. The first-order chi connectivity index (χ1) is 8.59. The molecule has 0 spiro atoms. The third kappa shape index (κ3) is 2.37. The van der Waals surface area contributed by atoms with Crippen LogP contribution >= 0.6 is 0 Å². The fourth-order valence-electron chi connectivity index (χ4n) is 1.59. The average molecular weight is 253 g/mol. The topological polar surface area (TPSA) is 59.4 Å². The van der Waals surface area contributed by atoms with Gasteiger partial charge in [-0.25, -0.2) is 18.6 Å². The normalized spacial score (nSPS) is 10.8. The number of carbonyl (C=O) groups is 1. The molecule has 0 aliphatic heterocycles. The number of fused-ring (bicyclic) bond motifs is 1. The molecule has 0 unspecified atom stereocenters. The lowest BCUT2D eigenvalue weighted by molar-refractivity contribution is 0.0696. The summed E-state index contributed by atoms with van der Waals surface area (Å²) in [6.07, 6.45) is -1.50. The standard InChI is InChI=1S/C12H9F2NO3/c13-10(14)6-18-11-8-4-2-1-3-7(8)9(5-15-11)12(16)17/h1-5,10H,6H2,(H,16,17). The lowest BCUT2D eigenvalue weighted by atomic mass is 10.1. The monoisotopic (exact) mass is 253 g/mol. The molecule has 2 aromatic rings. The first-order valence-electron chi connectivity index (χ1n) is 5.11. The van der Waals surface area contributed by atoms with Crippen LogP contribution in [0.2, 0.25) is 0 Å². The van der Waals surface area contributed by atoms with Crippen molar-refractivity contribution in [3.63, 3.8) is 0 Å². The Morgan fingerprint density at radius 2 is 2.00 bits per heavy atom. The van der Waals surface area contributed by atoms with E-state index in [4.69, 9.17) is 9.84 Å². The Labute approximate surface area is 101 Å². The highest BCUT2D eigenvalue weighted by Crippen LogP contribution is 2.26. The fourth-order valence-corrected chi connectivity index (χ4v) is 1.59. The van der Waals surface area contributed by atoms with Gasteiger partial charge in [0.05, 0.1) is 5.56 Å². The van der Waals surface area contributed by atoms with E-state index in [0.717, 1.165) is 6.20 Å². The van der Waals surface area contributed by atoms with E-state index in [1.54, 1.807) is 24.3 Å². The summed E-state index contributed by atoms with van der Waals surface area (Å²) >= 11 is 0. The van der Waals surface area contributed by atoms with E-state index in [0.29, 0.717) is 10.8 Å². The number of benzene rings is 1. The minimum absolute atomic E-state index is 0.00926. The van der Waals surface area contributed by atoms with E-state index in [1.165, 1.54) is 0 Å². The number of hydrogen-bond acceptors (Lipinski definition) is 3. The van der Waals surface area contributed by atoms with Gasteiger partial charge in [-0.2, -0.15) is 0 Å². The summed E-state index contributed by atoms with van der Waals surface area (Å²) < 4.78 is 29.0. The number of rotatable bonds is 4. The Balaban J connectivity index is 2.50. The second-order valence-corrected chi connectivity index (χ2v) is 3.53. The first-order valence-corrected chi connectivity index (χ1v) is 5.11. The highest BCUT2D eigenvalue weighted by molar-refractivity contribution is 6.04. The van der Waals surface area contributed by atoms with E-state index in [9.17, 15) is 13.6 Å². The number of carboxylic acid groups (broad SMARTS) is 1. The van der Waals surface area contributed by atoms with Gasteiger partial charge in [0.1, 0.15) is 0 Å². The molecule has 0 amide bonds. The molecule has 0 atom stereocenters. The minimum atomic E-state index is -2.61. The molecule has 0 radical (unpaired) electrons. The van der Waals surface area contributed by atoms with Crippen LogP contribution in [0.3, 0.4) is 0 Å². The summed E-state index contributed by atoms with van der Waals surface area (Å²) in [7, 11) is 0. The number of carboxylic acids is 1. The molecule has 1 aromatic heterocycles. The van der Waals surface area contributed by atoms with E-state index in [-0.39, 0.29) is 11.4 Å². The number of ether oxygens (including phenoxy) is 1. The number of aromatic nitrogens is 1. The van der Waals surface area contributed by atoms with Crippen LogP contribution in [-0.4, -0.2) is 29.1 Å². The van der Waals surface area contributed by atoms with Gasteiger partial charge in [-0.3, -0.25) is 0 Å². The average Bonchev–Trinajstić information content (AvgIpc) is 2.35. The van der Waals surface area contributed by atoms with Gasteiger partial charge in [0.25, 0.3) is 6.43 Å². The highest BCUT2D eigenvalue weighted by Gasteiger charge is 2.14. The van der Waals surface area contributed by atoms with Crippen molar-refractivity contribution < 1.29 is 23.4 Å². The van der Waals surface area contributed by atoms with Crippen molar-refractivity contribution in [2.75, 3.05) is 6.61 Å². The molecule has 4 nitrogen and oxygen atoms in total. The summed E-state index contributed by atoms with van der Waals surface area (Å²) in [5, 5.41) is 9.80. The van der Waals surface area contributed by atoms with Crippen LogP contribution in [-0.2, 0) is 0 Å². The summed E-state index contributed by atoms with van der Waals surface area (Å²) in [5.74, 6) is -1.12. The van der Waals surface area contributed by atoms with Crippen molar-refractivity contribution in [3.8, 4) is 5.88 Å². The molecule has 0 bridgehead atoms. The molecular weight excluding hydrogens is 244 g/mol. The molecule has 1 heterocycles. The van der Waals surface area contributed by atoms with Crippen LogP contribution < -0.4 is 4.74 Å². The summed E-state index contributed by atoms with van der Waals surface area (Å²) in [5.41, 5.74) is 0.00926. The maximum Gasteiger partial charge on any atom is 0.337 e. The molecule has 18 heavy (non-hydrogen) atoms. The van der Waals surface area contributed by atoms with Crippen LogP contribution in [0, 0.1) is 0 Å². The molecule has 6 heteroatoms. The SMILES string of the molecule is O=C(O)c1cnc(OCC(F)F)c2ccccc12. The quantitative estimate of drug-likeness (QED) is 0.909. The van der Waals surface area contributed by atoms with Gasteiger partial charge in [-0.05, 0) is 6.07 Å². The minimum Gasteiger partial charge on any atom is -0.478 e. The van der Waals surface area contributed by atoms with Crippen LogP contribution in [0.5, 0.6) is 5.88 Å². The zero-order chi connectivity index (χ0) is 13.1. The lowest BCUT2D eigenvalue weighted by Gasteiger charge is -2.09. The molecule has 0 aliphatic carbocycles. The van der Waals surface area contributed by atoms with Gasteiger partial charge >= 0.3 is 5.97 Å². The Bertz CT molecular complexity index is 587. The number of halogens is 2. The van der Waals surface area contributed by atoms with E-state index in [1.807, 2.05) is 0 Å². The van der Waals surface area contributed by atoms with Crippen molar-refractivity contribution in [3.05, 3.63) is 36.0 Å². The number of pyridine rings is 1. The molecular formula is C12H9F2NO3. The number of hydrogen-bond donors (Lipinski definition) is 1. The van der Waals surface area contributed by atoms with Crippen LogP contribution in [0.25, 0.3) is 10.8 Å². The molecule has 2 rings (SSSR count). The largest absolute Gasteiger partial charge is 0.478 e. The van der Waals surface area contributed by atoms with Crippen molar-refractivity contribution >= 4 is 16.7 Å². The van der Waals surface area contributed by atoms with Gasteiger partial charge in [-0.1, -0.05) is 18.2 Å². The second-order valence-electron chi connectivity index (χ2n) is 3.53. The second kappa shape index (κ2) is 4.95. The van der Waals surface area contributed by atoms with Gasteiger partial charge in [0, 0.05) is 17.0 Å². The number of nitrogens with zero attached hydrogens (tertiary/aromatic N) is 1. The van der Waals surface area contributed by atoms with Gasteiger partial charge in [-0.15, -0.1) is 0 Å². The predicted octanol–water partition coefficient (Wildman–Crippen LogP) is 2.58. The van der Waals surface area contributed by atoms with Crippen molar-refractivity contribution in [2.24, 2.45) is 0 Å². The maximum absolute atomic E-state index is 12.1. The number of aromatic carboxylic acids is 1. The van der Waals surface area contributed by atoms with Gasteiger partial charge in [0.15, 0.2) is 6.61 Å². The smallest absolute Gasteiger partial charge is 0.337 e. The summed E-state index contributed by atoms with van der Waals surface area (Å²) in [6.45, 7) is -0.774. The third-order valence-corrected chi connectivity index (χ3v) is 2.33. The van der Waals surface area contributed by atoms with Crippen LogP contribution in [0.1, 0.15) is 10.4 Å². The number of alkyl halides is 2. The fraction of sp³-hybridized carbons (Fsp3) is 0.167. The zero-order valence-electron chi connectivity index (χ0n) is 9.14. The van der Waals surface area contributed by atoms with Gasteiger partial charge < -0.3 is 9.84 Å². The molecule has 94 valence electrons. The van der Waals surface area contributed by atoms with E-state index >= 15 is 0 Å². The zero-order valence-corrected chi connectivity index (χ0v) is 9.14. The van der Waals surface area contributed by atoms with Crippen LogP contribution in [0.4, 0.5) is 8.78 Å². The van der Waals surface area contributed by atoms with Gasteiger partial charge in [0.2, 0.25) is 5.88 Å². The molecule has 0 saturated heterocycles. The van der Waals surface area contributed by atoms with E-state index in [2.05, 4.69) is 4.98 Å². The Morgan fingerprint density at radius 1 is 1.33 bits per heavy atom. The third-order valence-electron chi connectivity index (χ3n) is 2.33. The highest BCUT2D eigenvalue weighted by atomic mass is 19.3. The first kappa shape index (κ1) is 12.2. The lowest BCUT2D eigenvalue weighted by Crippen LogP contribution is -2.09. The summed E-state index contributed by atoms with van der Waals surface area (Å²) in [6, 6.07) is 6.47. The molecule has 1 aromatic carbocycles. The molecule has 0 fully saturated rings. The van der Waals surface area contributed by atoms with E-state index < -0.39 is 19.0 Å². The van der Waals surface area contributed by atoms with Crippen molar-refractivity contribution in [1.29, 1.82) is 0 Å². The predicted molar refractivity (Wildman–Crippen MR) is 60.2 cm³/mol. The Morgan fingerprint density at radius 3 is 2.61 bits per heavy atom. The molecule has 1 N–H and O–H groups in total. The molecule has 0 aliphatic rings. The Kier molecular flexibility index (Phi) is 3.36. The van der Waals surface area contributed by atoms with Crippen molar-refractivity contribution in [2.45, 2.75) is 6.43 Å². The van der Waals surface area contributed by atoms with Crippen molar-refractivity contribution in [1.82, 2.24) is 4.98 Å². The summed E-state index contributed by atoms with van der Waals surface area (Å²) in [4.78, 5) is 14.8. The molecule has 0 saturated carbocycles. The van der Waals surface area contributed by atoms with Crippen LogP contribution in [0.15, 0.2) is 30.5 Å². The Hall–Kier alpha value is -2.24.